The molecule has 0 fully saturated rings. The summed E-state index contributed by atoms with van der Waals surface area (Å²) in [5.74, 6) is -1.44. The summed E-state index contributed by atoms with van der Waals surface area (Å²) in [5, 5.41) is 3.45. The van der Waals surface area contributed by atoms with Gasteiger partial charge in [-0.1, -0.05) is 53.8 Å². The number of benzene rings is 2. The molecule has 5 heteroatoms. The van der Waals surface area contributed by atoms with Crippen molar-refractivity contribution in [1.29, 1.82) is 0 Å². The third-order valence-corrected chi connectivity index (χ3v) is 5.37. The molecule has 0 unspecified atom stereocenters. The molecular weight excluding hydrogens is 346 g/mol. The Morgan fingerprint density at radius 3 is 2.50 bits per heavy atom. The summed E-state index contributed by atoms with van der Waals surface area (Å²) in [5.41, 5.74) is 2.16. The minimum Gasteiger partial charge on any atom is -0.455 e. The predicted molar refractivity (Wildman–Crippen MR) is 101 cm³/mol. The minimum atomic E-state index is -0.833. The summed E-state index contributed by atoms with van der Waals surface area (Å²) in [6.45, 7) is 0.0801. The molecule has 128 valence electrons. The summed E-state index contributed by atoms with van der Waals surface area (Å²) < 4.78 is 7.30. The molecule has 4 aromatic rings. The lowest BCUT2D eigenvalue weighted by atomic mass is 10.0. The maximum atomic E-state index is 12.9. The number of carbonyl (C=O) groups excluding carboxylic acids is 2. The van der Waals surface area contributed by atoms with Crippen LogP contribution in [0.15, 0.2) is 66.0 Å². The zero-order valence-electron chi connectivity index (χ0n) is 14.1. The van der Waals surface area contributed by atoms with Crippen molar-refractivity contribution in [2.24, 2.45) is 7.05 Å². The maximum Gasteiger partial charge on any atom is 0.380 e. The van der Waals surface area contributed by atoms with E-state index in [0.29, 0.717) is 5.56 Å². The molecule has 0 saturated heterocycles. The first-order valence-corrected chi connectivity index (χ1v) is 9.08. The first kappa shape index (κ1) is 16.4. The molecule has 2 aromatic carbocycles. The van der Waals surface area contributed by atoms with Crippen molar-refractivity contribution in [3.63, 3.8) is 0 Å². The number of carbonyl (C=O) groups is 2. The van der Waals surface area contributed by atoms with Gasteiger partial charge < -0.3 is 4.74 Å². The van der Waals surface area contributed by atoms with E-state index in [1.807, 2.05) is 77.7 Å². The Hall–Kier alpha value is -3.05. The van der Waals surface area contributed by atoms with Gasteiger partial charge in [-0.25, -0.2) is 4.79 Å². The van der Waals surface area contributed by atoms with Crippen molar-refractivity contribution in [2.45, 2.75) is 6.61 Å². The fourth-order valence-electron chi connectivity index (χ4n) is 3.12. The van der Waals surface area contributed by atoms with E-state index in [-0.39, 0.29) is 6.61 Å². The average molecular weight is 362 g/mol. The second-order valence-corrected chi connectivity index (χ2v) is 6.88. The van der Waals surface area contributed by atoms with Gasteiger partial charge in [-0.05, 0) is 23.1 Å². The van der Waals surface area contributed by atoms with Crippen LogP contribution in [0.5, 0.6) is 0 Å². The standard InChI is InChI=1S/C21H16NO3S/c1-22-17-10-6-5-9-15(17)18(16-11-12-26-20(16)22)19(23)21(24)25-13-14-7-3-2-4-8-14/h2-12H,13H2,1H3/q+1. The average Bonchev–Trinajstić information content (AvgIpc) is 3.17. The molecule has 0 spiro atoms. The number of aromatic nitrogens is 1. The summed E-state index contributed by atoms with van der Waals surface area (Å²) in [4.78, 5) is 26.3. The smallest absolute Gasteiger partial charge is 0.380 e. The number of ether oxygens (including phenoxy) is 1. The normalized spacial score (nSPS) is 11.0. The Bertz CT molecular complexity index is 1130. The Kier molecular flexibility index (Phi) is 4.22. The van der Waals surface area contributed by atoms with Gasteiger partial charge in [-0.3, -0.25) is 4.79 Å². The van der Waals surface area contributed by atoms with Crippen LogP contribution in [0, 0.1) is 0 Å². The van der Waals surface area contributed by atoms with Crippen molar-refractivity contribution >= 4 is 44.2 Å². The van der Waals surface area contributed by atoms with Gasteiger partial charge in [-0.2, -0.15) is 4.57 Å². The van der Waals surface area contributed by atoms with E-state index in [1.165, 1.54) is 0 Å². The monoisotopic (exact) mass is 362 g/mol. The van der Waals surface area contributed by atoms with Gasteiger partial charge in [0.2, 0.25) is 5.52 Å². The predicted octanol–water partition coefficient (Wildman–Crippen LogP) is 3.81. The number of para-hydroxylation sites is 1. The second-order valence-electron chi connectivity index (χ2n) is 5.98. The Labute approximate surface area is 154 Å². The number of esters is 1. The second kappa shape index (κ2) is 6.69. The fourth-order valence-corrected chi connectivity index (χ4v) is 4.01. The Morgan fingerprint density at radius 2 is 1.69 bits per heavy atom. The van der Waals surface area contributed by atoms with Crippen LogP contribution in [0.25, 0.3) is 21.1 Å². The van der Waals surface area contributed by atoms with Crippen LogP contribution < -0.4 is 4.57 Å². The van der Waals surface area contributed by atoms with Crippen LogP contribution in [0.1, 0.15) is 15.9 Å². The fraction of sp³-hybridized carbons (Fsp3) is 0.0952. The Morgan fingerprint density at radius 1 is 0.962 bits per heavy atom. The van der Waals surface area contributed by atoms with E-state index in [1.54, 1.807) is 11.3 Å². The zero-order valence-corrected chi connectivity index (χ0v) is 15.0. The number of Topliss-reactive ketones (excluding diaryl/α,β-unsaturated/α-hetero) is 1. The molecule has 0 aliphatic heterocycles. The van der Waals surface area contributed by atoms with Crippen LogP contribution in [-0.4, -0.2) is 11.8 Å². The molecule has 0 amide bonds. The van der Waals surface area contributed by atoms with Crippen LogP contribution in [0.4, 0.5) is 0 Å². The van der Waals surface area contributed by atoms with Crippen molar-refractivity contribution in [3.05, 3.63) is 77.2 Å². The first-order valence-electron chi connectivity index (χ1n) is 8.20. The van der Waals surface area contributed by atoms with Crippen LogP contribution in [0.2, 0.25) is 0 Å². The van der Waals surface area contributed by atoms with Gasteiger partial charge in [0.15, 0.2) is 0 Å². The Balaban J connectivity index is 1.75. The van der Waals surface area contributed by atoms with E-state index in [9.17, 15) is 9.59 Å². The van der Waals surface area contributed by atoms with Crippen LogP contribution >= 0.6 is 11.3 Å². The van der Waals surface area contributed by atoms with E-state index in [0.717, 1.165) is 26.7 Å². The molecule has 0 aliphatic rings. The highest BCUT2D eigenvalue weighted by molar-refractivity contribution is 7.16. The molecule has 2 aromatic heterocycles. The number of hydrogen-bond acceptors (Lipinski definition) is 4. The molecule has 2 heterocycles. The molecule has 0 atom stereocenters. The third-order valence-electron chi connectivity index (χ3n) is 4.38. The maximum absolute atomic E-state index is 12.9. The molecule has 4 nitrogen and oxygen atoms in total. The lowest BCUT2D eigenvalue weighted by Crippen LogP contribution is -2.31. The quantitative estimate of drug-likeness (QED) is 0.240. The van der Waals surface area contributed by atoms with E-state index >= 15 is 0 Å². The van der Waals surface area contributed by atoms with Gasteiger partial charge in [0.25, 0.3) is 10.6 Å². The van der Waals surface area contributed by atoms with Gasteiger partial charge in [-0.15, -0.1) is 0 Å². The van der Waals surface area contributed by atoms with Crippen LogP contribution in [0.3, 0.4) is 0 Å². The number of fused-ring (bicyclic) bond motifs is 2. The lowest BCUT2D eigenvalue weighted by molar-refractivity contribution is -0.615. The lowest BCUT2D eigenvalue weighted by Gasteiger charge is -2.07. The zero-order chi connectivity index (χ0) is 18.1. The summed E-state index contributed by atoms with van der Waals surface area (Å²) in [7, 11) is 1.96. The van der Waals surface area contributed by atoms with Crippen molar-refractivity contribution < 1.29 is 18.9 Å². The number of rotatable bonds is 4. The van der Waals surface area contributed by atoms with Crippen molar-refractivity contribution in [1.82, 2.24) is 0 Å². The van der Waals surface area contributed by atoms with Gasteiger partial charge in [0.1, 0.15) is 13.7 Å². The number of ketones is 1. The highest BCUT2D eigenvalue weighted by Crippen LogP contribution is 2.28. The van der Waals surface area contributed by atoms with Crippen molar-refractivity contribution in [3.8, 4) is 0 Å². The van der Waals surface area contributed by atoms with E-state index < -0.39 is 11.8 Å². The summed E-state index contributed by atoms with van der Waals surface area (Å²) >= 11 is 1.54. The number of nitrogens with zero attached hydrogens (tertiary/aromatic N) is 1. The number of pyridine rings is 1. The van der Waals surface area contributed by atoms with E-state index in [2.05, 4.69) is 0 Å². The van der Waals surface area contributed by atoms with Gasteiger partial charge >= 0.3 is 5.97 Å². The number of hydrogen-bond donors (Lipinski definition) is 0. The number of thiophene rings is 1. The highest BCUT2D eigenvalue weighted by Gasteiger charge is 2.28. The summed E-state index contributed by atoms with van der Waals surface area (Å²) in [6.07, 6.45) is 0. The molecule has 0 bridgehead atoms. The van der Waals surface area contributed by atoms with E-state index in [4.69, 9.17) is 4.74 Å². The molecule has 0 saturated carbocycles. The minimum absolute atomic E-state index is 0.0801. The van der Waals surface area contributed by atoms with Gasteiger partial charge in [0, 0.05) is 6.07 Å². The molecule has 26 heavy (non-hydrogen) atoms. The molecule has 0 radical (unpaired) electrons. The SMILES string of the molecule is C[n+]1c2ccccc2c(C(=O)C(=O)OCc2ccccc2)c2ccsc21. The molecule has 4 rings (SSSR count). The first-order chi connectivity index (χ1) is 12.7. The highest BCUT2D eigenvalue weighted by atomic mass is 32.1. The largest absolute Gasteiger partial charge is 0.455 e. The molecule has 0 aliphatic carbocycles. The molecule has 0 N–H and O–H groups in total. The third kappa shape index (κ3) is 2.76. The number of aryl methyl sites for hydroxylation is 1. The summed E-state index contributed by atoms with van der Waals surface area (Å²) in [6, 6.07) is 18.8. The van der Waals surface area contributed by atoms with Gasteiger partial charge in [0.05, 0.1) is 16.3 Å². The molecular formula is C21H16NO3S+. The van der Waals surface area contributed by atoms with Crippen LogP contribution in [-0.2, 0) is 23.2 Å². The topological polar surface area (TPSA) is 47.2 Å². The van der Waals surface area contributed by atoms with Crippen molar-refractivity contribution in [2.75, 3.05) is 0 Å².